The lowest BCUT2D eigenvalue weighted by atomic mass is 10.2. The van der Waals surface area contributed by atoms with Gasteiger partial charge in [-0.05, 0) is 19.8 Å². The fraction of sp³-hybridized carbons (Fsp3) is 0.538. The normalized spacial score (nSPS) is 15.9. The van der Waals surface area contributed by atoms with Gasteiger partial charge in [0, 0.05) is 17.6 Å². The molecule has 1 fully saturated rings. The van der Waals surface area contributed by atoms with Gasteiger partial charge in [0.25, 0.3) is 0 Å². The Morgan fingerprint density at radius 2 is 2.10 bits per heavy atom. The molecule has 0 radical (unpaired) electrons. The van der Waals surface area contributed by atoms with Crippen molar-refractivity contribution in [1.82, 2.24) is 9.97 Å². The molecule has 1 aliphatic rings. The predicted molar refractivity (Wildman–Crippen MR) is 74.8 cm³/mol. The summed E-state index contributed by atoms with van der Waals surface area (Å²) < 4.78 is 0. The number of carbonyl (C=O) groups is 2. The molecule has 1 amide bonds. The van der Waals surface area contributed by atoms with E-state index in [0.717, 1.165) is 12.8 Å². The summed E-state index contributed by atoms with van der Waals surface area (Å²) in [6.45, 7) is 3.39. The van der Waals surface area contributed by atoms with Gasteiger partial charge in [0.05, 0.1) is 5.69 Å². The second-order valence-corrected chi connectivity index (χ2v) is 6.05. The van der Waals surface area contributed by atoms with Crippen LogP contribution in [0.4, 0.5) is 0 Å². The van der Waals surface area contributed by atoms with Gasteiger partial charge in [0.2, 0.25) is 5.91 Å². The first-order valence-corrected chi connectivity index (χ1v) is 7.42. The average Bonchev–Trinajstić information content (AvgIpc) is 3.18. The monoisotopic (exact) mass is 295 g/mol. The number of hydrogen-bond acceptors (Lipinski definition) is 5. The summed E-state index contributed by atoms with van der Waals surface area (Å²) in [6, 6.07) is 0. The number of carboxylic acids is 1. The molecular formula is C13H17N3O3S. The van der Waals surface area contributed by atoms with Crippen LogP contribution in [0.2, 0.25) is 0 Å². The molecule has 0 spiro atoms. The zero-order chi connectivity index (χ0) is 14.9. The lowest BCUT2D eigenvalue weighted by molar-refractivity contribution is -0.120. The van der Waals surface area contributed by atoms with Crippen LogP contribution in [0, 0.1) is 12.8 Å². The van der Waals surface area contributed by atoms with Crippen LogP contribution in [0.1, 0.15) is 47.6 Å². The van der Waals surface area contributed by atoms with Crippen molar-refractivity contribution in [3.05, 3.63) is 17.1 Å². The molecule has 1 aliphatic carbocycles. The maximum absolute atomic E-state index is 11.3. The lowest BCUT2D eigenvalue weighted by Gasteiger charge is -2.11. The first kappa shape index (κ1) is 14.8. The number of amides is 1. The van der Waals surface area contributed by atoms with Crippen LogP contribution in [-0.2, 0) is 4.79 Å². The van der Waals surface area contributed by atoms with Gasteiger partial charge in [0.15, 0.2) is 0 Å². The molecule has 3 N–H and O–H groups in total. The minimum atomic E-state index is -1.04. The van der Waals surface area contributed by atoms with Crippen LogP contribution in [-0.4, -0.2) is 32.7 Å². The molecule has 1 heterocycles. The van der Waals surface area contributed by atoms with Gasteiger partial charge in [-0.15, -0.1) is 11.8 Å². The summed E-state index contributed by atoms with van der Waals surface area (Å²) >= 11 is 1.25. The first-order chi connectivity index (χ1) is 9.40. The molecule has 0 aliphatic heterocycles. The summed E-state index contributed by atoms with van der Waals surface area (Å²) in [5.41, 5.74) is 5.81. The van der Waals surface area contributed by atoms with Crippen molar-refractivity contribution in [2.45, 2.75) is 37.6 Å². The molecule has 1 unspecified atom stereocenters. The van der Waals surface area contributed by atoms with Crippen molar-refractivity contribution in [1.29, 1.82) is 0 Å². The van der Waals surface area contributed by atoms with Gasteiger partial charge in [0.1, 0.15) is 16.4 Å². The summed E-state index contributed by atoms with van der Waals surface area (Å²) in [5.74, 6) is -0.301. The van der Waals surface area contributed by atoms with E-state index in [0.29, 0.717) is 28.2 Å². The minimum Gasteiger partial charge on any atom is -0.478 e. The maximum atomic E-state index is 11.3. The number of nitrogens with two attached hydrogens (primary N) is 1. The first-order valence-electron chi connectivity index (χ1n) is 6.44. The molecule has 0 bridgehead atoms. The van der Waals surface area contributed by atoms with E-state index in [1.165, 1.54) is 11.8 Å². The molecule has 0 aromatic carbocycles. The highest BCUT2D eigenvalue weighted by Gasteiger charge is 2.29. The smallest absolute Gasteiger partial charge is 0.340 e. The molecule has 108 valence electrons. The number of hydrogen-bond donors (Lipinski definition) is 2. The number of carbonyl (C=O) groups excluding carboxylic acids is 1. The Bertz CT molecular complexity index is 558. The van der Waals surface area contributed by atoms with Crippen molar-refractivity contribution < 1.29 is 14.7 Å². The number of carboxylic acid groups (broad SMARTS) is 1. The molecule has 0 saturated heterocycles. The fourth-order valence-corrected chi connectivity index (χ4v) is 2.84. The summed E-state index contributed by atoms with van der Waals surface area (Å²) in [6.07, 6.45) is 2.10. The average molecular weight is 295 g/mol. The predicted octanol–water partition coefficient (Wildman–Crippen LogP) is 1.57. The number of nitrogens with zero attached hydrogens (tertiary/aromatic N) is 2. The fourth-order valence-electron chi connectivity index (χ4n) is 1.73. The van der Waals surface area contributed by atoms with Crippen LogP contribution in [0.25, 0.3) is 0 Å². The Hall–Kier alpha value is -1.63. The maximum Gasteiger partial charge on any atom is 0.340 e. The van der Waals surface area contributed by atoms with Crippen LogP contribution in [0.3, 0.4) is 0 Å². The van der Waals surface area contributed by atoms with E-state index in [1.54, 1.807) is 13.8 Å². The number of primary amides is 1. The van der Waals surface area contributed by atoms with Crippen LogP contribution >= 0.6 is 11.8 Å². The van der Waals surface area contributed by atoms with E-state index >= 15 is 0 Å². The Balaban J connectivity index is 2.27. The summed E-state index contributed by atoms with van der Waals surface area (Å²) in [7, 11) is 0. The van der Waals surface area contributed by atoms with E-state index in [4.69, 9.17) is 5.73 Å². The number of aromatic carboxylic acids is 1. The zero-order valence-electron chi connectivity index (χ0n) is 11.4. The van der Waals surface area contributed by atoms with E-state index in [-0.39, 0.29) is 11.5 Å². The Morgan fingerprint density at radius 1 is 1.45 bits per heavy atom. The second kappa shape index (κ2) is 5.78. The Labute approximate surface area is 121 Å². The highest BCUT2D eigenvalue weighted by atomic mass is 32.2. The third kappa shape index (κ3) is 3.27. The number of aryl methyl sites for hydroxylation is 1. The molecule has 7 heteroatoms. The second-order valence-electron chi connectivity index (χ2n) is 5.04. The topological polar surface area (TPSA) is 106 Å². The summed E-state index contributed by atoms with van der Waals surface area (Å²) in [4.78, 5) is 31.0. The van der Waals surface area contributed by atoms with Gasteiger partial charge >= 0.3 is 5.97 Å². The lowest BCUT2D eigenvalue weighted by Crippen LogP contribution is -2.22. The molecule has 2 rings (SSSR count). The molecule has 20 heavy (non-hydrogen) atoms. The third-order valence-electron chi connectivity index (χ3n) is 3.19. The Kier molecular flexibility index (Phi) is 4.27. The van der Waals surface area contributed by atoms with E-state index in [9.17, 15) is 14.7 Å². The van der Waals surface area contributed by atoms with Gasteiger partial charge in [-0.25, -0.2) is 14.8 Å². The van der Waals surface area contributed by atoms with Crippen LogP contribution < -0.4 is 5.73 Å². The van der Waals surface area contributed by atoms with Crippen molar-refractivity contribution in [2.75, 3.05) is 5.75 Å². The van der Waals surface area contributed by atoms with Crippen LogP contribution in [0.15, 0.2) is 5.03 Å². The van der Waals surface area contributed by atoms with E-state index in [1.807, 2.05) is 0 Å². The van der Waals surface area contributed by atoms with Crippen molar-refractivity contribution in [3.8, 4) is 0 Å². The third-order valence-corrected chi connectivity index (χ3v) is 4.42. The standard InChI is InChI=1S/C13H17N3O3S/c1-6(10(14)17)5-20-12-9(13(18)19)7(2)15-11(16-12)8-3-4-8/h6,8H,3-5H2,1-2H3,(H2,14,17)(H,18,19). The minimum absolute atomic E-state index is 0.121. The highest BCUT2D eigenvalue weighted by Crippen LogP contribution is 2.39. The molecular weight excluding hydrogens is 278 g/mol. The number of aromatic nitrogens is 2. The van der Waals surface area contributed by atoms with Gasteiger partial charge in [-0.2, -0.15) is 0 Å². The summed E-state index contributed by atoms with van der Waals surface area (Å²) in [5, 5.41) is 9.71. The number of rotatable bonds is 6. The van der Waals surface area contributed by atoms with Gasteiger partial charge < -0.3 is 10.8 Å². The van der Waals surface area contributed by atoms with Crippen molar-refractivity contribution in [2.24, 2.45) is 11.7 Å². The molecule has 1 saturated carbocycles. The zero-order valence-corrected chi connectivity index (χ0v) is 12.2. The largest absolute Gasteiger partial charge is 0.478 e. The quantitative estimate of drug-likeness (QED) is 0.609. The highest BCUT2D eigenvalue weighted by molar-refractivity contribution is 7.99. The van der Waals surface area contributed by atoms with Crippen molar-refractivity contribution >= 4 is 23.6 Å². The molecule has 6 nitrogen and oxygen atoms in total. The van der Waals surface area contributed by atoms with E-state index < -0.39 is 11.9 Å². The molecule has 1 aromatic rings. The van der Waals surface area contributed by atoms with E-state index in [2.05, 4.69) is 9.97 Å². The van der Waals surface area contributed by atoms with Crippen molar-refractivity contribution in [3.63, 3.8) is 0 Å². The number of thioether (sulfide) groups is 1. The molecule has 1 aromatic heterocycles. The molecule has 1 atom stereocenters. The Morgan fingerprint density at radius 3 is 2.60 bits per heavy atom. The van der Waals surface area contributed by atoms with Gasteiger partial charge in [-0.1, -0.05) is 6.92 Å². The van der Waals surface area contributed by atoms with Crippen LogP contribution in [0.5, 0.6) is 0 Å². The van der Waals surface area contributed by atoms with Gasteiger partial charge in [-0.3, -0.25) is 4.79 Å². The SMILES string of the molecule is Cc1nc(C2CC2)nc(SCC(C)C(N)=O)c1C(=O)O.